The lowest BCUT2D eigenvalue weighted by atomic mass is 9.97. The van der Waals surface area contributed by atoms with E-state index in [1.54, 1.807) is 0 Å². The summed E-state index contributed by atoms with van der Waals surface area (Å²) in [6.45, 7) is 4.06. The number of carbonyl (C=O) groups is 1. The van der Waals surface area contributed by atoms with Crippen molar-refractivity contribution in [2.75, 3.05) is 0 Å². The summed E-state index contributed by atoms with van der Waals surface area (Å²) in [5, 5.41) is 0. The van der Waals surface area contributed by atoms with E-state index in [1.165, 1.54) is 12.1 Å². The van der Waals surface area contributed by atoms with Crippen LogP contribution >= 0.6 is 0 Å². The van der Waals surface area contributed by atoms with Crippen LogP contribution in [0.2, 0.25) is 0 Å². The van der Waals surface area contributed by atoms with Crippen molar-refractivity contribution in [2.45, 2.75) is 58.5 Å². The topological polar surface area (TPSA) is 26.3 Å². The first-order valence-corrected chi connectivity index (χ1v) is 7.77. The minimum Gasteiger partial charge on any atom is -0.426 e. The molecule has 0 saturated heterocycles. The third-order valence-corrected chi connectivity index (χ3v) is 3.51. The van der Waals surface area contributed by atoms with Crippen LogP contribution in [0, 0.1) is 5.92 Å². The van der Waals surface area contributed by atoms with Crippen LogP contribution in [0.5, 0.6) is 5.75 Å². The molecule has 0 fully saturated rings. The Bertz CT molecular complexity index is 469. The molecule has 1 aromatic rings. The van der Waals surface area contributed by atoms with Crippen molar-refractivity contribution in [3.8, 4) is 5.75 Å². The van der Waals surface area contributed by atoms with Gasteiger partial charge in [-0.15, -0.1) is 0 Å². The van der Waals surface area contributed by atoms with Crippen LogP contribution < -0.4 is 4.74 Å². The lowest BCUT2D eigenvalue weighted by Crippen LogP contribution is -2.21. The molecule has 1 unspecified atom stereocenters. The minimum atomic E-state index is -4.44. The zero-order valence-electron chi connectivity index (χ0n) is 13.1. The van der Waals surface area contributed by atoms with Crippen LogP contribution in [-0.4, -0.2) is 5.97 Å². The van der Waals surface area contributed by atoms with E-state index in [2.05, 4.69) is 6.92 Å². The fourth-order valence-electron chi connectivity index (χ4n) is 2.30. The van der Waals surface area contributed by atoms with E-state index in [-0.39, 0.29) is 11.7 Å². The third kappa shape index (κ3) is 6.08. The maximum absolute atomic E-state index is 12.6. The fraction of sp³-hybridized carbons (Fsp3) is 0.588. The van der Waals surface area contributed by atoms with Crippen LogP contribution in [0.4, 0.5) is 13.2 Å². The van der Waals surface area contributed by atoms with Crippen molar-refractivity contribution in [3.05, 3.63) is 29.8 Å². The Balaban J connectivity index is 2.72. The summed E-state index contributed by atoms with van der Waals surface area (Å²) in [4.78, 5) is 12.2. The molecule has 0 aliphatic heterocycles. The number of benzene rings is 1. The summed E-state index contributed by atoms with van der Waals surface area (Å²) in [6, 6.07) is 4.45. The zero-order valence-corrected chi connectivity index (χ0v) is 13.1. The molecular formula is C17H23F3O2. The van der Waals surface area contributed by atoms with Gasteiger partial charge in [0.05, 0.1) is 11.5 Å². The highest BCUT2D eigenvalue weighted by molar-refractivity contribution is 5.75. The average molecular weight is 316 g/mol. The van der Waals surface area contributed by atoms with Crippen LogP contribution in [0.3, 0.4) is 0 Å². The second-order valence-electron chi connectivity index (χ2n) is 5.43. The van der Waals surface area contributed by atoms with E-state index in [0.29, 0.717) is 6.42 Å². The van der Waals surface area contributed by atoms with Gasteiger partial charge in [-0.2, -0.15) is 13.2 Å². The first-order chi connectivity index (χ1) is 10.4. The Morgan fingerprint density at radius 1 is 1.14 bits per heavy atom. The molecule has 0 amide bonds. The highest BCUT2D eigenvalue weighted by atomic mass is 19.4. The molecule has 0 spiro atoms. The molecule has 0 radical (unpaired) electrons. The fourth-order valence-corrected chi connectivity index (χ4v) is 2.30. The highest BCUT2D eigenvalue weighted by Gasteiger charge is 2.31. The highest BCUT2D eigenvalue weighted by Crippen LogP contribution is 2.31. The number of carbonyl (C=O) groups excluding carboxylic acids is 1. The molecule has 0 N–H and O–H groups in total. The quantitative estimate of drug-likeness (QED) is 0.354. The van der Waals surface area contributed by atoms with Crippen LogP contribution in [0.25, 0.3) is 0 Å². The number of rotatable bonds is 8. The van der Waals surface area contributed by atoms with Gasteiger partial charge in [0.25, 0.3) is 0 Å². The smallest absolute Gasteiger partial charge is 0.416 e. The molecule has 0 heterocycles. The number of esters is 1. The van der Waals surface area contributed by atoms with Gasteiger partial charge in [0.1, 0.15) is 5.75 Å². The summed E-state index contributed by atoms with van der Waals surface area (Å²) in [7, 11) is 0. The summed E-state index contributed by atoms with van der Waals surface area (Å²) in [6.07, 6.45) is 0.846. The van der Waals surface area contributed by atoms with Gasteiger partial charge in [0.15, 0.2) is 0 Å². The van der Waals surface area contributed by atoms with Crippen molar-refractivity contribution in [1.82, 2.24) is 0 Å². The summed E-state index contributed by atoms with van der Waals surface area (Å²) < 4.78 is 43.1. The first-order valence-electron chi connectivity index (χ1n) is 7.77. The first kappa shape index (κ1) is 18.5. The maximum atomic E-state index is 12.6. The third-order valence-electron chi connectivity index (χ3n) is 3.51. The van der Waals surface area contributed by atoms with Crippen molar-refractivity contribution in [2.24, 2.45) is 5.92 Å². The van der Waals surface area contributed by atoms with E-state index >= 15 is 0 Å². The SMILES string of the molecule is CCCCCC(CCC)C(=O)Oc1cccc(C(F)(F)F)c1. The number of ether oxygens (including phenoxy) is 1. The summed E-state index contributed by atoms with van der Waals surface area (Å²) in [5.41, 5.74) is -0.809. The standard InChI is InChI=1S/C17H23F3O2/c1-3-5-6-9-13(8-4-2)16(21)22-15-11-7-10-14(12-15)17(18,19)20/h7,10-13H,3-6,8-9H2,1-2H3. The molecule has 5 heteroatoms. The Morgan fingerprint density at radius 2 is 1.86 bits per heavy atom. The lowest BCUT2D eigenvalue weighted by Gasteiger charge is -2.15. The van der Waals surface area contributed by atoms with Gasteiger partial charge in [-0.1, -0.05) is 45.6 Å². The molecule has 22 heavy (non-hydrogen) atoms. The van der Waals surface area contributed by atoms with Crippen LogP contribution in [0.15, 0.2) is 24.3 Å². The summed E-state index contributed by atoms with van der Waals surface area (Å²) in [5.74, 6) is -0.722. The molecule has 1 atom stereocenters. The van der Waals surface area contributed by atoms with Crippen molar-refractivity contribution in [3.63, 3.8) is 0 Å². The molecule has 0 saturated carbocycles. The maximum Gasteiger partial charge on any atom is 0.416 e. The molecule has 1 aromatic carbocycles. The predicted molar refractivity (Wildman–Crippen MR) is 79.6 cm³/mol. The molecule has 1 rings (SSSR count). The van der Waals surface area contributed by atoms with Crippen molar-refractivity contribution in [1.29, 1.82) is 0 Å². The molecule has 0 aromatic heterocycles. The Hall–Kier alpha value is -1.52. The van der Waals surface area contributed by atoms with Crippen LogP contribution in [0.1, 0.15) is 57.9 Å². The number of alkyl halides is 3. The Kier molecular flexibility index (Phi) is 7.42. The Morgan fingerprint density at radius 3 is 2.45 bits per heavy atom. The second-order valence-corrected chi connectivity index (χ2v) is 5.43. The minimum absolute atomic E-state index is 0.0450. The van der Waals surface area contributed by atoms with E-state index in [4.69, 9.17) is 4.74 Å². The molecule has 124 valence electrons. The van der Waals surface area contributed by atoms with Gasteiger partial charge in [-0.05, 0) is 31.0 Å². The van der Waals surface area contributed by atoms with E-state index in [9.17, 15) is 18.0 Å². The molecule has 2 nitrogen and oxygen atoms in total. The van der Waals surface area contributed by atoms with Crippen LogP contribution in [-0.2, 0) is 11.0 Å². The van der Waals surface area contributed by atoms with Gasteiger partial charge >= 0.3 is 12.1 Å². The second kappa shape index (κ2) is 8.81. The molecule has 0 aliphatic carbocycles. The van der Waals surface area contributed by atoms with Gasteiger partial charge in [0, 0.05) is 0 Å². The number of hydrogen-bond acceptors (Lipinski definition) is 2. The summed E-state index contributed by atoms with van der Waals surface area (Å²) >= 11 is 0. The van der Waals surface area contributed by atoms with E-state index in [0.717, 1.165) is 44.2 Å². The van der Waals surface area contributed by atoms with Gasteiger partial charge in [-0.25, -0.2) is 0 Å². The van der Waals surface area contributed by atoms with Crippen molar-refractivity contribution >= 4 is 5.97 Å². The average Bonchev–Trinajstić information content (AvgIpc) is 2.46. The molecular weight excluding hydrogens is 293 g/mol. The largest absolute Gasteiger partial charge is 0.426 e. The van der Waals surface area contributed by atoms with E-state index < -0.39 is 17.7 Å². The van der Waals surface area contributed by atoms with E-state index in [1.807, 2.05) is 6.92 Å². The van der Waals surface area contributed by atoms with Crippen molar-refractivity contribution < 1.29 is 22.7 Å². The number of hydrogen-bond donors (Lipinski definition) is 0. The predicted octanol–water partition coefficient (Wildman–Crippen LogP) is 5.61. The number of unbranched alkanes of at least 4 members (excludes halogenated alkanes) is 2. The monoisotopic (exact) mass is 316 g/mol. The van der Waals surface area contributed by atoms with Gasteiger partial charge in [-0.3, -0.25) is 4.79 Å². The molecule has 0 bridgehead atoms. The van der Waals surface area contributed by atoms with Gasteiger partial charge < -0.3 is 4.74 Å². The van der Waals surface area contributed by atoms with Gasteiger partial charge in [0.2, 0.25) is 0 Å². The number of halogens is 3. The normalized spacial score (nSPS) is 13.0. The lowest BCUT2D eigenvalue weighted by molar-refractivity contribution is -0.141. The zero-order chi connectivity index (χ0) is 16.6. The molecule has 0 aliphatic rings. The Labute approximate surface area is 129 Å².